The largest absolute Gasteiger partial charge is 0.508 e. The monoisotopic (exact) mass is 193 g/mol. The van der Waals surface area contributed by atoms with Gasteiger partial charge in [-0.25, -0.2) is 0 Å². The van der Waals surface area contributed by atoms with Crippen molar-refractivity contribution < 1.29 is 9.90 Å². The summed E-state index contributed by atoms with van der Waals surface area (Å²) in [7, 11) is 3.72. The van der Waals surface area contributed by atoms with E-state index in [-0.39, 0.29) is 17.6 Å². The molecule has 0 heterocycles. The average molecular weight is 193 g/mol. The Balaban J connectivity index is 3.00. The first kappa shape index (κ1) is 10.7. The first-order chi connectivity index (χ1) is 6.52. The van der Waals surface area contributed by atoms with Crippen molar-refractivity contribution in [2.45, 2.75) is 13.0 Å². The highest BCUT2D eigenvalue weighted by Gasteiger charge is 2.18. The molecule has 1 atom stereocenters. The molecule has 0 fully saturated rings. The van der Waals surface area contributed by atoms with Crippen LogP contribution in [0.25, 0.3) is 0 Å². The molecule has 0 saturated carbocycles. The maximum absolute atomic E-state index is 11.4. The van der Waals surface area contributed by atoms with Gasteiger partial charge in [-0.05, 0) is 38.7 Å². The van der Waals surface area contributed by atoms with Crippen molar-refractivity contribution in [3.63, 3.8) is 0 Å². The topological polar surface area (TPSA) is 40.5 Å². The van der Waals surface area contributed by atoms with E-state index in [2.05, 4.69) is 0 Å². The van der Waals surface area contributed by atoms with Crippen molar-refractivity contribution in [1.82, 2.24) is 4.90 Å². The Kier molecular flexibility index (Phi) is 3.25. The third kappa shape index (κ3) is 2.33. The van der Waals surface area contributed by atoms with Gasteiger partial charge in [-0.15, -0.1) is 0 Å². The normalized spacial score (nSPS) is 12.9. The predicted octanol–water partition coefficient (Wildman–Crippen LogP) is 1.58. The van der Waals surface area contributed by atoms with Crippen molar-refractivity contribution in [1.29, 1.82) is 0 Å². The van der Waals surface area contributed by atoms with Crippen LogP contribution in [-0.2, 0) is 4.79 Å². The molecule has 1 aromatic rings. The van der Waals surface area contributed by atoms with E-state index in [1.807, 2.05) is 19.0 Å². The number of phenolic OH excluding ortho intramolecular Hbond substituents is 1. The van der Waals surface area contributed by atoms with Gasteiger partial charge in [-0.2, -0.15) is 0 Å². The fourth-order valence-electron chi connectivity index (χ4n) is 1.55. The number of carbonyl (C=O) groups excluding carboxylic acids is 1. The Hall–Kier alpha value is -1.35. The Bertz CT molecular complexity index is 317. The van der Waals surface area contributed by atoms with Gasteiger partial charge in [0.2, 0.25) is 0 Å². The fourth-order valence-corrected chi connectivity index (χ4v) is 1.55. The van der Waals surface area contributed by atoms with Gasteiger partial charge in [-0.3, -0.25) is 9.69 Å². The quantitative estimate of drug-likeness (QED) is 0.792. The first-order valence-electron chi connectivity index (χ1n) is 4.48. The number of Topliss-reactive ketones (excluding diaryl/α,β-unsaturated/α-hetero) is 1. The number of phenols is 1. The number of nitrogens with zero attached hydrogens (tertiary/aromatic N) is 1. The summed E-state index contributed by atoms with van der Waals surface area (Å²) in [5.74, 6) is 0.315. The summed E-state index contributed by atoms with van der Waals surface area (Å²) in [5, 5.41) is 9.12. The van der Waals surface area contributed by atoms with Crippen LogP contribution in [0.1, 0.15) is 18.5 Å². The molecule has 0 aliphatic heterocycles. The van der Waals surface area contributed by atoms with Crippen LogP contribution in [0.4, 0.5) is 0 Å². The minimum absolute atomic E-state index is 0.0979. The zero-order valence-corrected chi connectivity index (χ0v) is 8.69. The molecule has 1 N–H and O–H groups in total. The highest BCUT2D eigenvalue weighted by molar-refractivity contribution is 5.82. The van der Waals surface area contributed by atoms with Crippen molar-refractivity contribution in [2.75, 3.05) is 14.1 Å². The van der Waals surface area contributed by atoms with Crippen molar-refractivity contribution >= 4 is 5.78 Å². The molecule has 0 amide bonds. The summed E-state index contributed by atoms with van der Waals surface area (Å²) in [6, 6.07) is 6.49. The van der Waals surface area contributed by atoms with Crippen LogP contribution in [0.5, 0.6) is 5.75 Å². The molecule has 0 aliphatic carbocycles. The predicted molar refractivity (Wildman–Crippen MR) is 55.2 cm³/mol. The van der Waals surface area contributed by atoms with Crippen LogP contribution in [0, 0.1) is 0 Å². The summed E-state index contributed by atoms with van der Waals surface area (Å²) in [6.45, 7) is 1.57. The minimum atomic E-state index is -0.226. The number of rotatable bonds is 3. The number of hydrogen-bond donors (Lipinski definition) is 1. The van der Waals surface area contributed by atoms with Gasteiger partial charge in [0.15, 0.2) is 5.78 Å². The molecular weight excluding hydrogens is 178 g/mol. The molecule has 14 heavy (non-hydrogen) atoms. The highest BCUT2D eigenvalue weighted by atomic mass is 16.3. The third-order valence-electron chi connectivity index (χ3n) is 2.11. The second kappa shape index (κ2) is 4.24. The molecule has 3 heteroatoms. The van der Waals surface area contributed by atoms with Crippen molar-refractivity contribution in [2.24, 2.45) is 0 Å². The summed E-state index contributed by atoms with van der Waals surface area (Å²) in [4.78, 5) is 13.2. The van der Waals surface area contributed by atoms with E-state index in [0.29, 0.717) is 0 Å². The van der Waals surface area contributed by atoms with Crippen molar-refractivity contribution in [3.8, 4) is 5.75 Å². The molecule has 0 saturated heterocycles. The Morgan fingerprint density at radius 1 is 1.29 bits per heavy atom. The molecule has 0 radical (unpaired) electrons. The zero-order chi connectivity index (χ0) is 10.7. The van der Waals surface area contributed by atoms with Gasteiger partial charge < -0.3 is 5.11 Å². The zero-order valence-electron chi connectivity index (χ0n) is 8.69. The summed E-state index contributed by atoms with van der Waals surface area (Å²) >= 11 is 0. The maximum atomic E-state index is 11.4. The lowest BCUT2D eigenvalue weighted by molar-refractivity contribution is -0.121. The molecule has 0 aromatic heterocycles. The van der Waals surface area contributed by atoms with E-state index >= 15 is 0 Å². The van der Waals surface area contributed by atoms with E-state index in [9.17, 15) is 4.79 Å². The Morgan fingerprint density at radius 2 is 1.79 bits per heavy atom. The molecule has 0 bridgehead atoms. The van der Waals surface area contributed by atoms with Gasteiger partial charge in [0, 0.05) is 0 Å². The van der Waals surface area contributed by atoms with E-state index in [1.165, 1.54) is 0 Å². The van der Waals surface area contributed by atoms with Crippen LogP contribution in [0.2, 0.25) is 0 Å². The molecule has 1 aromatic carbocycles. The van der Waals surface area contributed by atoms with Crippen LogP contribution in [-0.4, -0.2) is 29.9 Å². The maximum Gasteiger partial charge on any atom is 0.151 e. The fraction of sp³-hybridized carbons (Fsp3) is 0.364. The van der Waals surface area contributed by atoms with E-state index in [4.69, 9.17) is 5.11 Å². The SMILES string of the molecule is CC(=O)C(c1ccc(O)cc1)N(C)C. The van der Waals surface area contributed by atoms with Crippen molar-refractivity contribution in [3.05, 3.63) is 29.8 Å². The molecule has 3 nitrogen and oxygen atoms in total. The van der Waals surface area contributed by atoms with Crippen LogP contribution >= 0.6 is 0 Å². The summed E-state index contributed by atoms with van der Waals surface area (Å²) in [5.41, 5.74) is 0.903. The molecule has 1 unspecified atom stereocenters. The lowest BCUT2D eigenvalue weighted by Gasteiger charge is -2.21. The van der Waals surface area contributed by atoms with Gasteiger partial charge in [0.25, 0.3) is 0 Å². The standard InChI is InChI=1S/C11H15NO2/c1-8(13)11(12(2)3)9-4-6-10(14)7-5-9/h4-7,11,14H,1-3H3. The first-order valence-corrected chi connectivity index (χ1v) is 4.48. The average Bonchev–Trinajstić information content (AvgIpc) is 2.07. The Labute approximate surface area is 84.0 Å². The molecular formula is C11H15NO2. The van der Waals surface area contributed by atoms with E-state index in [1.54, 1.807) is 31.2 Å². The smallest absolute Gasteiger partial charge is 0.151 e. The van der Waals surface area contributed by atoms with Crippen LogP contribution < -0.4 is 0 Å². The number of benzene rings is 1. The van der Waals surface area contributed by atoms with Gasteiger partial charge in [0.05, 0.1) is 6.04 Å². The second-order valence-corrected chi connectivity index (χ2v) is 3.57. The van der Waals surface area contributed by atoms with E-state index < -0.39 is 0 Å². The number of likely N-dealkylation sites (N-methyl/N-ethyl adjacent to an activating group) is 1. The number of carbonyl (C=O) groups is 1. The molecule has 0 spiro atoms. The minimum Gasteiger partial charge on any atom is -0.508 e. The molecule has 76 valence electrons. The van der Waals surface area contributed by atoms with E-state index in [0.717, 1.165) is 5.56 Å². The van der Waals surface area contributed by atoms with Crippen LogP contribution in [0.15, 0.2) is 24.3 Å². The number of aromatic hydroxyl groups is 1. The summed E-state index contributed by atoms with van der Waals surface area (Å²) in [6.07, 6.45) is 0. The second-order valence-electron chi connectivity index (χ2n) is 3.57. The van der Waals surface area contributed by atoms with Gasteiger partial charge >= 0.3 is 0 Å². The highest BCUT2D eigenvalue weighted by Crippen LogP contribution is 2.21. The molecule has 1 rings (SSSR count). The molecule has 0 aliphatic rings. The summed E-state index contributed by atoms with van der Waals surface area (Å²) < 4.78 is 0. The lowest BCUT2D eigenvalue weighted by atomic mass is 10.0. The number of hydrogen-bond acceptors (Lipinski definition) is 3. The van der Waals surface area contributed by atoms with Gasteiger partial charge in [0.1, 0.15) is 5.75 Å². The van der Waals surface area contributed by atoms with Crippen LogP contribution in [0.3, 0.4) is 0 Å². The number of ketones is 1. The lowest BCUT2D eigenvalue weighted by Crippen LogP contribution is -2.25. The Morgan fingerprint density at radius 3 is 2.14 bits per heavy atom. The third-order valence-corrected chi connectivity index (χ3v) is 2.11. The van der Waals surface area contributed by atoms with Gasteiger partial charge in [-0.1, -0.05) is 12.1 Å².